The first-order valence-electron chi connectivity index (χ1n) is 9.73. The molecule has 6 nitrogen and oxygen atoms in total. The Labute approximate surface area is 153 Å². The molecule has 1 aromatic carbocycles. The Morgan fingerprint density at radius 1 is 1.08 bits per heavy atom. The molecule has 0 radical (unpaired) electrons. The van der Waals surface area contributed by atoms with Crippen molar-refractivity contribution in [3.63, 3.8) is 0 Å². The monoisotopic (exact) mass is 351 g/mol. The van der Waals surface area contributed by atoms with Gasteiger partial charge in [0.2, 0.25) is 0 Å². The van der Waals surface area contributed by atoms with Crippen LogP contribution in [0, 0.1) is 0 Å². The molecule has 6 heteroatoms. The van der Waals surface area contributed by atoms with Crippen LogP contribution < -0.4 is 5.32 Å². The molecule has 2 N–H and O–H groups in total. The highest BCUT2D eigenvalue weighted by molar-refractivity contribution is 5.94. The molecule has 1 aliphatic carbocycles. The summed E-state index contributed by atoms with van der Waals surface area (Å²) in [5.41, 5.74) is 1.69. The molecule has 5 rings (SSSR count). The number of H-pyrrole nitrogens is 1. The van der Waals surface area contributed by atoms with Gasteiger partial charge < -0.3 is 10.2 Å². The largest absolute Gasteiger partial charge is 0.339 e. The normalized spacial score (nSPS) is 27.5. The number of aromatic nitrogens is 3. The second-order valence-corrected chi connectivity index (χ2v) is 8.08. The molecule has 2 bridgehead atoms. The number of amides is 1. The Hall–Kier alpha value is -2.21. The highest BCUT2D eigenvalue weighted by atomic mass is 16.2. The Bertz CT molecular complexity index is 798. The first kappa shape index (κ1) is 16.0. The highest BCUT2D eigenvalue weighted by Crippen LogP contribution is 2.38. The third-order valence-corrected chi connectivity index (χ3v) is 6.17. The molecule has 3 heterocycles. The van der Waals surface area contributed by atoms with Crippen molar-refractivity contribution in [3.8, 4) is 11.4 Å². The van der Waals surface area contributed by atoms with Gasteiger partial charge in [-0.2, -0.15) is 5.10 Å². The zero-order valence-electron chi connectivity index (χ0n) is 15.1. The van der Waals surface area contributed by atoms with Gasteiger partial charge in [-0.05, 0) is 50.7 Å². The molecular weight excluding hydrogens is 326 g/mol. The van der Waals surface area contributed by atoms with Crippen molar-refractivity contribution in [1.29, 1.82) is 0 Å². The maximum atomic E-state index is 12.9. The van der Waals surface area contributed by atoms with Crippen LogP contribution >= 0.6 is 0 Å². The zero-order valence-corrected chi connectivity index (χ0v) is 15.1. The molecule has 1 amide bonds. The minimum atomic E-state index is 0.108. The van der Waals surface area contributed by atoms with E-state index in [1.54, 1.807) is 0 Å². The fourth-order valence-electron chi connectivity index (χ4n) is 4.42. The number of nitrogens with zero attached hydrogens (tertiary/aromatic N) is 3. The third kappa shape index (κ3) is 2.92. The van der Waals surface area contributed by atoms with Crippen molar-refractivity contribution in [2.24, 2.45) is 0 Å². The number of carbonyl (C=O) groups excluding carboxylic acids is 1. The van der Waals surface area contributed by atoms with E-state index in [0.29, 0.717) is 29.9 Å². The van der Waals surface area contributed by atoms with Crippen LogP contribution in [0.1, 0.15) is 60.6 Å². The van der Waals surface area contributed by atoms with E-state index in [-0.39, 0.29) is 5.91 Å². The minimum absolute atomic E-state index is 0.108. The van der Waals surface area contributed by atoms with Crippen molar-refractivity contribution in [2.45, 2.75) is 62.6 Å². The van der Waals surface area contributed by atoms with Gasteiger partial charge in [-0.15, -0.1) is 0 Å². The summed E-state index contributed by atoms with van der Waals surface area (Å²) in [4.78, 5) is 19.4. The van der Waals surface area contributed by atoms with E-state index < -0.39 is 0 Å². The van der Waals surface area contributed by atoms with Crippen molar-refractivity contribution in [3.05, 3.63) is 35.7 Å². The smallest absolute Gasteiger partial charge is 0.253 e. The van der Waals surface area contributed by atoms with Gasteiger partial charge in [0.1, 0.15) is 5.82 Å². The van der Waals surface area contributed by atoms with Crippen LogP contribution in [-0.2, 0) is 0 Å². The Morgan fingerprint density at radius 2 is 1.77 bits per heavy atom. The topological polar surface area (TPSA) is 73.9 Å². The predicted octanol–water partition coefficient (Wildman–Crippen LogP) is 2.70. The van der Waals surface area contributed by atoms with Crippen LogP contribution in [0.4, 0.5) is 0 Å². The van der Waals surface area contributed by atoms with Gasteiger partial charge in [0, 0.05) is 42.2 Å². The van der Waals surface area contributed by atoms with Crippen LogP contribution in [-0.4, -0.2) is 51.2 Å². The fraction of sp³-hybridized carbons (Fsp3) is 0.550. The molecule has 2 aliphatic heterocycles. The van der Waals surface area contributed by atoms with Crippen molar-refractivity contribution in [2.75, 3.05) is 7.05 Å². The molecule has 136 valence electrons. The molecule has 0 spiro atoms. The van der Waals surface area contributed by atoms with Crippen LogP contribution in [0.3, 0.4) is 0 Å². The zero-order chi connectivity index (χ0) is 17.7. The van der Waals surface area contributed by atoms with E-state index in [4.69, 9.17) is 0 Å². The molecule has 2 atom stereocenters. The van der Waals surface area contributed by atoms with Crippen molar-refractivity contribution < 1.29 is 4.79 Å². The van der Waals surface area contributed by atoms with Gasteiger partial charge in [-0.3, -0.25) is 9.89 Å². The minimum Gasteiger partial charge on any atom is -0.339 e. The maximum Gasteiger partial charge on any atom is 0.253 e. The lowest BCUT2D eigenvalue weighted by Crippen LogP contribution is -2.48. The van der Waals surface area contributed by atoms with E-state index in [2.05, 4.69) is 20.5 Å². The number of rotatable bonds is 4. The molecule has 3 aliphatic rings. The first-order chi connectivity index (χ1) is 12.7. The van der Waals surface area contributed by atoms with Crippen molar-refractivity contribution >= 4 is 5.91 Å². The van der Waals surface area contributed by atoms with E-state index in [0.717, 1.165) is 29.8 Å². The van der Waals surface area contributed by atoms with Gasteiger partial charge in [0.25, 0.3) is 5.91 Å². The lowest BCUT2D eigenvalue weighted by atomic mass is 9.98. The van der Waals surface area contributed by atoms with Crippen molar-refractivity contribution in [1.82, 2.24) is 25.4 Å². The summed E-state index contributed by atoms with van der Waals surface area (Å²) in [6.45, 7) is 0. The van der Waals surface area contributed by atoms with E-state index >= 15 is 0 Å². The summed E-state index contributed by atoms with van der Waals surface area (Å²) in [5.74, 6) is 2.37. The van der Waals surface area contributed by atoms with Crippen LogP contribution in [0.2, 0.25) is 0 Å². The molecule has 2 aromatic rings. The first-order valence-corrected chi connectivity index (χ1v) is 9.73. The number of piperidine rings is 1. The Kier molecular flexibility index (Phi) is 3.81. The number of carbonyl (C=O) groups is 1. The van der Waals surface area contributed by atoms with Gasteiger partial charge in [0.05, 0.1) is 0 Å². The summed E-state index contributed by atoms with van der Waals surface area (Å²) in [7, 11) is 1.95. The molecule has 1 aromatic heterocycles. The van der Waals surface area contributed by atoms with E-state index in [1.165, 1.54) is 25.7 Å². The van der Waals surface area contributed by atoms with E-state index in [9.17, 15) is 4.79 Å². The second kappa shape index (κ2) is 6.20. The summed E-state index contributed by atoms with van der Waals surface area (Å²) >= 11 is 0. The molecule has 2 saturated heterocycles. The number of benzene rings is 1. The van der Waals surface area contributed by atoms with Gasteiger partial charge in [-0.1, -0.05) is 12.1 Å². The molecule has 3 fully saturated rings. The number of nitrogens with one attached hydrogen (secondary N) is 2. The number of aromatic amines is 1. The molecular formula is C20H25N5O. The summed E-state index contributed by atoms with van der Waals surface area (Å²) in [6.07, 6.45) is 7.03. The predicted molar refractivity (Wildman–Crippen MR) is 98.9 cm³/mol. The fourth-order valence-corrected chi connectivity index (χ4v) is 4.42. The quantitative estimate of drug-likeness (QED) is 0.888. The second-order valence-electron chi connectivity index (χ2n) is 8.08. The average Bonchev–Trinajstić information content (AvgIpc) is 3.32. The number of hydrogen-bond acceptors (Lipinski definition) is 4. The summed E-state index contributed by atoms with van der Waals surface area (Å²) in [5, 5.41) is 11.0. The Balaban J connectivity index is 1.29. The Morgan fingerprint density at radius 3 is 2.42 bits per heavy atom. The van der Waals surface area contributed by atoms with Gasteiger partial charge in [-0.25, -0.2) is 4.98 Å². The van der Waals surface area contributed by atoms with Crippen LogP contribution in [0.25, 0.3) is 11.4 Å². The SMILES string of the molecule is CN(C(=O)c1ccc(-c2n[nH]c(C3CC3)n2)cc1)C1CC2CCC(C1)N2. The number of fused-ring (bicyclic) bond motifs is 2. The van der Waals surface area contributed by atoms with Gasteiger partial charge >= 0.3 is 0 Å². The molecule has 2 unspecified atom stereocenters. The van der Waals surface area contributed by atoms with Crippen LogP contribution in [0.15, 0.2) is 24.3 Å². The molecule has 1 saturated carbocycles. The summed E-state index contributed by atoms with van der Waals surface area (Å²) < 4.78 is 0. The lowest BCUT2D eigenvalue weighted by Gasteiger charge is -2.35. The average molecular weight is 351 g/mol. The third-order valence-electron chi connectivity index (χ3n) is 6.17. The standard InChI is InChI=1S/C20H25N5O/c1-25(17-10-15-8-9-16(11-17)21-15)20(26)14-6-4-13(5-7-14)19-22-18(23-24-19)12-2-3-12/h4-7,12,15-17,21H,2-3,8-11H2,1H3,(H,22,23,24). The van der Waals surface area contributed by atoms with E-state index in [1.807, 2.05) is 36.2 Å². The van der Waals surface area contributed by atoms with Crippen LogP contribution in [0.5, 0.6) is 0 Å². The molecule has 26 heavy (non-hydrogen) atoms. The summed E-state index contributed by atoms with van der Waals surface area (Å²) in [6, 6.07) is 9.22. The van der Waals surface area contributed by atoms with Gasteiger partial charge in [0.15, 0.2) is 5.82 Å². The maximum absolute atomic E-state index is 12.9. The highest BCUT2D eigenvalue weighted by Gasteiger charge is 2.36. The lowest BCUT2D eigenvalue weighted by molar-refractivity contribution is 0.0681. The number of hydrogen-bond donors (Lipinski definition) is 2.